The zero-order chi connectivity index (χ0) is 28.4. The fourth-order valence-corrected chi connectivity index (χ4v) is 4.34. The maximum atomic E-state index is 15.4. The van der Waals surface area contributed by atoms with E-state index in [0.717, 1.165) is 0 Å². The number of benzene rings is 1. The summed E-state index contributed by atoms with van der Waals surface area (Å²) >= 11 is 0. The van der Waals surface area contributed by atoms with E-state index in [1.54, 1.807) is 17.0 Å². The van der Waals surface area contributed by atoms with Crippen LogP contribution in [0.3, 0.4) is 0 Å². The van der Waals surface area contributed by atoms with Crippen LogP contribution in [0.5, 0.6) is 6.01 Å². The third-order valence-corrected chi connectivity index (χ3v) is 6.35. The van der Waals surface area contributed by atoms with Gasteiger partial charge >= 0.3 is 6.01 Å². The molecule has 0 atom stereocenters. The Bertz CT molecular complexity index is 1330. The average Bonchev–Trinajstić information content (AvgIpc) is 3.44. The molecule has 2 aliphatic heterocycles. The van der Waals surface area contributed by atoms with Gasteiger partial charge < -0.3 is 19.4 Å². The van der Waals surface area contributed by atoms with Gasteiger partial charge in [-0.3, -0.25) is 9.78 Å². The maximum Gasteiger partial charge on any atom is 0.318 e. The first kappa shape index (κ1) is 29.4. The highest BCUT2D eigenvalue weighted by Gasteiger charge is 2.25. The fraction of sp³-hybridized carbons (Fsp3) is 0.393. The van der Waals surface area contributed by atoms with Crippen molar-refractivity contribution in [2.75, 3.05) is 58.3 Å². The Balaban J connectivity index is 0.000000400. The van der Waals surface area contributed by atoms with E-state index < -0.39 is 11.6 Å². The van der Waals surface area contributed by atoms with E-state index in [4.69, 9.17) is 10.00 Å². The molecule has 0 N–H and O–H groups in total. The van der Waals surface area contributed by atoms with Crippen molar-refractivity contribution >= 4 is 22.6 Å². The van der Waals surface area contributed by atoms with Gasteiger partial charge in [0.2, 0.25) is 5.91 Å². The van der Waals surface area contributed by atoms with Crippen molar-refractivity contribution in [3.05, 3.63) is 54.8 Å². The van der Waals surface area contributed by atoms with Crippen molar-refractivity contribution < 1.29 is 18.3 Å². The topological polar surface area (TPSA) is 98.5 Å². The minimum Gasteiger partial charge on any atom is -0.467 e. The van der Waals surface area contributed by atoms with Gasteiger partial charge in [-0.2, -0.15) is 15.2 Å². The van der Waals surface area contributed by atoms with Gasteiger partial charge in [0.15, 0.2) is 5.82 Å². The Kier molecular flexibility index (Phi) is 10.6. The average molecular weight is 538 g/mol. The summed E-state index contributed by atoms with van der Waals surface area (Å²) in [7, 11) is 3.56. The van der Waals surface area contributed by atoms with Crippen LogP contribution in [0.15, 0.2) is 43.1 Å². The highest BCUT2D eigenvalue weighted by atomic mass is 19.1. The molecule has 0 bridgehead atoms. The number of likely N-dealkylation sites (tertiary alicyclic amines) is 1. The lowest BCUT2D eigenvalue weighted by atomic mass is 10.1. The predicted octanol–water partition coefficient (Wildman–Crippen LogP) is 4.06. The van der Waals surface area contributed by atoms with Gasteiger partial charge in [0.25, 0.3) is 0 Å². The van der Waals surface area contributed by atoms with Crippen molar-refractivity contribution in [3.63, 3.8) is 0 Å². The quantitative estimate of drug-likeness (QED) is 0.460. The number of ether oxygens (including phenoxy) is 1. The number of carbonyl (C=O) groups excluding carboxylic acids is 1. The minimum absolute atomic E-state index is 0.00491. The van der Waals surface area contributed by atoms with Gasteiger partial charge in [0, 0.05) is 44.9 Å². The molecule has 0 aliphatic carbocycles. The largest absolute Gasteiger partial charge is 0.467 e. The first-order valence-corrected chi connectivity index (χ1v) is 12.6. The summed E-state index contributed by atoms with van der Waals surface area (Å²) in [4.78, 5) is 30.5. The first-order chi connectivity index (χ1) is 18.8. The van der Waals surface area contributed by atoms with Crippen LogP contribution in [0, 0.1) is 23.0 Å². The second kappa shape index (κ2) is 14.1. The van der Waals surface area contributed by atoms with Gasteiger partial charge in [-0.15, -0.1) is 0 Å². The van der Waals surface area contributed by atoms with E-state index in [1.165, 1.54) is 70.4 Å². The highest BCUT2D eigenvalue weighted by Crippen LogP contribution is 2.33. The normalized spacial score (nSPS) is 15.0. The minimum atomic E-state index is -0.750. The van der Waals surface area contributed by atoms with Crippen LogP contribution in [0.1, 0.15) is 19.8 Å². The molecule has 39 heavy (non-hydrogen) atoms. The Morgan fingerprint density at radius 2 is 1.74 bits per heavy atom. The number of hydrogen-bond acceptors (Lipinski definition) is 8. The second-order valence-corrected chi connectivity index (χ2v) is 8.95. The lowest BCUT2D eigenvalue weighted by Crippen LogP contribution is -2.48. The predicted molar refractivity (Wildman–Crippen MR) is 146 cm³/mol. The molecule has 5 rings (SSSR count). The monoisotopic (exact) mass is 537 g/mol. The number of aromatic nitrogens is 3. The molecule has 0 radical (unpaired) electrons. The summed E-state index contributed by atoms with van der Waals surface area (Å²) in [5.41, 5.74) is -0.0871. The molecule has 2 aliphatic rings. The number of halogens is 2. The fourth-order valence-electron chi connectivity index (χ4n) is 4.34. The lowest BCUT2D eigenvalue weighted by molar-refractivity contribution is -0.126. The van der Waals surface area contributed by atoms with Crippen LogP contribution < -0.4 is 9.64 Å². The van der Waals surface area contributed by atoms with Crippen molar-refractivity contribution in [2.24, 2.45) is 0 Å². The first-order valence-electron chi connectivity index (χ1n) is 12.6. The zero-order valence-electron chi connectivity index (χ0n) is 22.5. The molecule has 2 fully saturated rings. The maximum absolute atomic E-state index is 15.4. The van der Waals surface area contributed by atoms with Crippen LogP contribution >= 0.6 is 0 Å². The molecule has 2 saturated heterocycles. The Hall–Kier alpha value is -4.17. The van der Waals surface area contributed by atoms with Gasteiger partial charge in [0.05, 0.1) is 18.6 Å². The lowest BCUT2D eigenvalue weighted by Gasteiger charge is -2.35. The number of rotatable bonds is 4. The molecule has 0 unspecified atom stereocenters. The van der Waals surface area contributed by atoms with Crippen molar-refractivity contribution in [3.8, 4) is 23.3 Å². The number of nitrogens with zero attached hydrogens (tertiary/aromatic N) is 7. The number of amides is 1. The van der Waals surface area contributed by atoms with Gasteiger partial charge in [-0.05, 0) is 51.2 Å². The summed E-state index contributed by atoms with van der Waals surface area (Å²) in [5, 5.41) is 7.71. The number of piperazine rings is 1. The van der Waals surface area contributed by atoms with E-state index in [9.17, 15) is 9.18 Å². The van der Waals surface area contributed by atoms with Crippen LogP contribution in [0.4, 0.5) is 14.6 Å². The number of nitriles is 1. The molecule has 0 spiro atoms. The highest BCUT2D eigenvalue weighted by molar-refractivity contribution is 5.92. The number of pyridine rings is 1. The molecule has 1 aromatic carbocycles. The Morgan fingerprint density at radius 1 is 1.10 bits per heavy atom. The molecule has 4 heterocycles. The molecule has 11 heteroatoms. The molecule has 206 valence electrons. The molecule has 1 amide bonds. The van der Waals surface area contributed by atoms with Crippen molar-refractivity contribution in [2.45, 2.75) is 19.8 Å². The van der Waals surface area contributed by atoms with E-state index in [-0.39, 0.29) is 28.7 Å². The van der Waals surface area contributed by atoms with Crippen LogP contribution in [0.25, 0.3) is 22.2 Å². The van der Waals surface area contributed by atoms with Gasteiger partial charge in [0.1, 0.15) is 22.8 Å². The molecule has 2 aromatic heterocycles. The molecule has 9 nitrogen and oxygen atoms in total. The summed E-state index contributed by atoms with van der Waals surface area (Å²) in [6.45, 7) is 9.51. The smallest absolute Gasteiger partial charge is 0.318 e. The summed E-state index contributed by atoms with van der Waals surface area (Å²) in [6, 6.07) is 7.59. The number of carbonyl (C=O) groups is 1. The number of methoxy groups -OCH3 is 1. The van der Waals surface area contributed by atoms with Crippen LogP contribution in [-0.4, -0.2) is 84.1 Å². The standard InChI is InChI=1S/C21H19F2N5O2.C5H11N.C2H3N/c1-3-16(29)27-8-10-28(11-9-27)20-14-12-24-18(13-6-4-5-7-15(13)22)17(23)19(14)25-21(26-20)30-2;1-6-4-2-3-5-6;1-2-3/h3-7,12H,1,8-11H2,2H3;2-5H2,1H3;1H3. The van der Waals surface area contributed by atoms with Crippen LogP contribution in [0.2, 0.25) is 0 Å². The van der Waals surface area contributed by atoms with Gasteiger partial charge in [-0.1, -0.05) is 18.7 Å². The van der Waals surface area contributed by atoms with E-state index in [0.29, 0.717) is 37.4 Å². The van der Waals surface area contributed by atoms with Crippen LogP contribution in [-0.2, 0) is 4.79 Å². The Morgan fingerprint density at radius 3 is 2.28 bits per heavy atom. The summed E-state index contributed by atoms with van der Waals surface area (Å²) < 4.78 is 34.7. The molecule has 0 saturated carbocycles. The third kappa shape index (κ3) is 7.23. The number of anilines is 1. The summed E-state index contributed by atoms with van der Waals surface area (Å²) in [5.74, 6) is -1.01. The second-order valence-electron chi connectivity index (χ2n) is 8.95. The van der Waals surface area contributed by atoms with E-state index in [1.807, 2.05) is 4.90 Å². The molecular formula is C28H33F2N7O2. The molecule has 3 aromatic rings. The molecular weight excluding hydrogens is 504 g/mol. The van der Waals surface area contributed by atoms with Gasteiger partial charge in [-0.25, -0.2) is 8.78 Å². The Labute approximate surface area is 227 Å². The van der Waals surface area contributed by atoms with Crippen molar-refractivity contribution in [1.29, 1.82) is 5.26 Å². The summed E-state index contributed by atoms with van der Waals surface area (Å²) in [6.07, 6.45) is 5.55. The third-order valence-electron chi connectivity index (χ3n) is 6.35. The number of fused-ring (bicyclic) bond motifs is 1. The van der Waals surface area contributed by atoms with E-state index >= 15 is 4.39 Å². The zero-order valence-corrected chi connectivity index (χ0v) is 22.5. The van der Waals surface area contributed by atoms with Crippen molar-refractivity contribution in [1.82, 2.24) is 24.8 Å². The SMILES string of the molecule is C=CC(=O)N1CCN(c2nc(OC)nc3c(F)c(-c4ccccc4F)ncc23)CC1.CC#N.CN1CCCC1. The van der Waals surface area contributed by atoms with E-state index in [2.05, 4.69) is 33.5 Å². The number of hydrogen-bond donors (Lipinski definition) is 0.